The molecule has 0 radical (unpaired) electrons. The number of nitrogens with zero attached hydrogens (tertiary/aromatic N) is 4. The summed E-state index contributed by atoms with van der Waals surface area (Å²) in [7, 11) is 4.47. The maximum atomic E-state index is 13.8. The Hall–Kier alpha value is -6.47. The number of unbranched alkanes of at least 4 members (excludes halogenated alkanes) is 2. The molecule has 13 heteroatoms. The molecule has 310 valence electrons. The normalized spacial score (nSPS) is 20.1. The molecule has 2 amide bonds. The van der Waals surface area contributed by atoms with E-state index < -0.39 is 5.97 Å². The Kier molecular flexibility index (Phi) is 11.7. The number of hydrogen-bond donors (Lipinski definition) is 1. The molecule has 8 rings (SSSR count). The van der Waals surface area contributed by atoms with Gasteiger partial charge in [0.15, 0.2) is 23.0 Å². The Balaban J connectivity index is 0.845. The first-order valence-electron chi connectivity index (χ1n) is 20.3. The molecule has 3 aromatic carbocycles. The molecule has 3 aromatic rings. The van der Waals surface area contributed by atoms with Crippen molar-refractivity contribution in [1.82, 2.24) is 9.80 Å². The SMILES string of the molecule is COC(=O)c1ccc(C2=CN3C(=O)c4cc(OC)c(OCCCCCOc5cc6c(cc5OC)C(=O)N5C=C(C7=CC=C(CN)CC7C)CC5C=N6)cc4N=C[C@@H]3C2)cc1. The highest BCUT2D eigenvalue weighted by Crippen LogP contribution is 2.42. The summed E-state index contributed by atoms with van der Waals surface area (Å²) in [6.45, 7) is 3.63. The van der Waals surface area contributed by atoms with Crippen LogP contribution in [0.15, 0.2) is 99.8 Å². The molecule has 0 saturated carbocycles. The van der Waals surface area contributed by atoms with Crippen LogP contribution in [0.5, 0.6) is 23.0 Å². The molecule has 4 aliphatic heterocycles. The van der Waals surface area contributed by atoms with Gasteiger partial charge in [-0.2, -0.15) is 0 Å². The van der Waals surface area contributed by atoms with Crippen LogP contribution < -0.4 is 24.7 Å². The molecule has 60 heavy (non-hydrogen) atoms. The van der Waals surface area contributed by atoms with E-state index in [1.54, 1.807) is 66.6 Å². The van der Waals surface area contributed by atoms with Crippen LogP contribution in [-0.4, -0.2) is 93.2 Å². The number of carbonyl (C=O) groups is 3. The van der Waals surface area contributed by atoms with Gasteiger partial charge >= 0.3 is 5.97 Å². The predicted molar refractivity (Wildman–Crippen MR) is 229 cm³/mol. The molecule has 0 aromatic heterocycles. The summed E-state index contributed by atoms with van der Waals surface area (Å²) in [5, 5.41) is 0. The zero-order valence-corrected chi connectivity index (χ0v) is 34.3. The van der Waals surface area contributed by atoms with E-state index in [0.29, 0.717) is 89.6 Å². The van der Waals surface area contributed by atoms with Crippen molar-refractivity contribution in [1.29, 1.82) is 0 Å². The van der Waals surface area contributed by atoms with Crippen molar-refractivity contribution in [3.8, 4) is 23.0 Å². The van der Waals surface area contributed by atoms with E-state index in [9.17, 15) is 14.4 Å². The van der Waals surface area contributed by atoms with E-state index in [1.165, 1.54) is 18.3 Å². The third-order valence-corrected chi connectivity index (χ3v) is 11.6. The minimum Gasteiger partial charge on any atom is -0.493 e. The van der Waals surface area contributed by atoms with Crippen molar-refractivity contribution in [2.45, 2.75) is 57.5 Å². The van der Waals surface area contributed by atoms with Crippen LogP contribution in [0.1, 0.15) is 82.1 Å². The topological polar surface area (TPSA) is 155 Å². The van der Waals surface area contributed by atoms with Crippen LogP contribution in [0, 0.1) is 5.92 Å². The van der Waals surface area contributed by atoms with Crippen molar-refractivity contribution in [2.24, 2.45) is 21.6 Å². The first kappa shape index (κ1) is 40.3. The molecule has 4 heterocycles. The number of carbonyl (C=O) groups excluding carboxylic acids is 3. The average Bonchev–Trinajstić information content (AvgIpc) is 3.85. The number of hydrogen-bond acceptors (Lipinski definition) is 11. The molecule has 0 bridgehead atoms. The second kappa shape index (κ2) is 17.4. The summed E-state index contributed by atoms with van der Waals surface area (Å²) in [5.41, 5.74) is 13.8. The zero-order chi connectivity index (χ0) is 41.9. The molecule has 0 saturated heterocycles. The highest BCUT2D eigenvalue weighted by atomic mass is 16.5. The van der Waals surface area contributed by atoms with Crippen LogP contribution in [-0.2, 0) is 4.74 Å². The summed E-state index contributed by atoms with van der Waals surface area (Å²) < 4.78 is 28.4. The molecule has 0 spiro atoms. The van der Waals surface area contributed by atoms with Gasteiger partial charge in [-0.05, 0) is 78.1 Å². The highest BCUT2D eigenvalue weighted by Gasteiger charge is 2.36. The van der Waals surface area contributed by atoms with E-state index >= 15 is 0 Å². The third-order valence-electron chi connectivity index (χ3n) is 11.6. The molecule has 1 aliphatic carbocycles. The predicted octanol–water partition coefficient (Wildman–Crippen LogP) is 7.76. The zero-order valence-electron chi connectivity index (χ0n) is 34.3. The van der Waals surface area contributed by atoms with Crippen molar-refractivity contribution >= 4 is 47.2 Å². The Morgan fingerprint density at radius 1 is 0.717 bits per heavy atom. The van der Waals surface area contributed by atoms with E-state index in [4.69, 9.17) is 39.4 Å². The number of amides is 2. The van der Waals surface area contributed by atoms with Crippen LogP contribution in [0.4, 0.5) is 11.4 Å². The van der Waals surface area contributed by atoms with Gasteiger partial charge in [-0.3, -0.25) is 19.6 Å². The summed E-state index contributed by atoms with van der Waals surface area (Å²) >= 11 is 0. The number of nitrogens with two attached hydrogens (primary N) is 1. The molecule has 13 nitrogen and oxygen atoms in total. The number of rotatable bonds is 14. The lowest BCUT2D eigenvalue weighted by Crippen LogP contribution is -2.32. The van der Waals surface area contributed by atoms with Gasteiger partial charge in [-0.15, -0.1) is 0 Å². The van der Waals surface area contributed by atoms with Crippen molar-refractivity contribution < 1.29 is 38.1 Å². The third kappa shape index (κ3) is 7.96. The van der Waals surface area contributed by atoms with Gasteiger partial charge in [0.1, 0.15) is 0 Å². The maximum Gasteiger partial charge on any atom is 0.337 e. The van der Waals surface area contributed by atoms with E-state index in [1.807, 2.05) is 30.7 Å². The lowest BCUT2D eigenvalue weighted by molar-refractivity contribution is 0.0600. The fourth-order valence-corrected chi connectivity index (χ4v) is 8.34. The monoisotopic (exact) mass is 811 g/mol. The minimum absolute atomic E-state index is 0.118. The van der Waals surface area contributed by atoms with E-state index in [-0.39, 0.29) is 23.9 Å². The van der Waals surface area contributed by atoms with Crippen LogP contribution in [0.2, 0.25) is 0 Å². The fraction of sp³-hybridized carbons (Fsp3) is 0.340. The molecule has 3 atom stereocenters. The molecule has 2 N–H and O–H groups in total. The highest BCUT2D eigenvalue weighted by molar-refractivity contribution is 6.06. The first-order valence-corrected chi connectivity index (χ1v) is 20.3. The summed E-state index contributed by atoms with van der Waals surface area (Å²) in [6.07, 6.45) is 16.3. The number of esters is 1. The van der Waals surface area contributed by atoms with Crippen molar-refractivity contribution in [3.05, 3.63) is 112 Å². The maximum absolute atomic E-state index is 13.8. The molecule has 5 aliphatic rings. The van der Waals surface area contributed by atoms with Gasteiger partial charge in [0.05, 0.1) is 74.7 Å². The Labute approximate surface area is 349 Å². The number of fused-ring (bicyclic) bond motifs is 4. The molecular formula is C47H49N5O8. The largest absolute Gasteiger partial charge is 0.493 e. The Bertz CT molecular complexity index is 2390. The second-order valence-corrected chi connectivity index (χ2v) is 15.5. The lowest BCUT2D eigenvalue weighted by Gasteiger charge is -2.22. The number of benzene rings is 3. The Morgan fingerprint density at radius 3 is 1.78 bits per heavy atom. The van der Waals surface area contributed by atoms with Crippen LogP contribution in [0.3, 0.4) is 0 Å². The molecular weight excluding hydrogens is 763 g/mol. The number of allylic oxidation sites excluding steroid dienone is 3. The standard InChI is InChI=1S/C47H49N5O8/c1-28-16-29(23-48)8-13-36(28)33-18-35-25-50-40-22-44(42(57-3)20-38(40)46(54)52(35)27-33)60-15-7-5-6-14-59-43-21-39-37(19-41(43)56-2)45(53)51-26-32(17-34(51)24-49-39)30-9-11-31(12-10-30)47(55)58-4/h8-13,19-22,24-28,34-35H,5-7,14-18,23,48H2,1-4H3/t28?,34-,35?/m0/s1. The number of methoxy groups -OCH3 is 3. The second-order valence-electron chi connectivity index (χ2n) is 15.5. The van der Waals surface area contributed by atoms with Gasteiger partial charge in [0.2, 0.25) is 0 Å². The Morgan fingerprint density at radius 2 is 1.27 bits per heavy atom. The molecule has 0 fully saturated rings. The number of ether oxygens (including phenoxy) is 5. The van der Waals surface area contributed by atoms with Crippen molar-refractivity contribution in [2.75, 3.05) is 41.1 Å². The van der Waals surface area contributed by atoms with E-state index in [0.717, 1.165) is 42.4 Å². The fourth-order valence-electron chi connectivity index (χ4n) is 8.34. The summed E-state index contributed by atoms with van der Waals surface area (Å²) in [5.74, 6) is 1.61. The van der Waals surface area contributed by atoms with Gasteiger partial charge in [0.25, 0.3) is 11.8 Å². The van der Waals surface area contributed by atoms with Gasteiger partial charge < -0.3 is 39.2 Å². The first-order chi connectivity index (χ1) is 29.2. The van der Waals surface area contributed by atoms with Gasteiger partial charge in [0, 0.05) is 56.3 Å². The summed E-state index contributed by atoms with van der Waals surface area (Å²) in [6, 6.07) is 13.7. The van der Waals surface area contributed by atoms with Gasteiger partial charge in [-0.1, -0.05) is 36.8 Å². The van der Waals surface area contributed by atoms with Crippen LogP contribution >= 0.6 is 0 Å². The summed E-state index contributed by atoms with van der Waals surface area (Å²) in [4.78, 5) is 52.4. The lowest BCUT2D eigenvalue weighted by atomic mass is 9.83. The van der Waals surface area contributed by atoms with Crippen LogP contribution in [0.25, 0.3) is 5.57 Å². The van der Waals surface area contributed by atoms with Crippen molar-refractivity contribution in [3.63, 3.8) is 0 Å². The minimum atomic E-state index is -0.399. The van der Waals surface area contributed by atoms with Gasteiger partial charge in [-0.25, -0.2) is 4.79 Å². The average molecular weight is 812 g/mol. The smallest absolute Gasteiger partial charge is 0.337 e. The quantitative estimate of drug-likeness (QED) is 0.127. The molecule has 2 unspecified atom stereocenters. The van der Waals surface area contributed by atoms with E-state index in [2.05, 4.69) is 19.1 Å². The number of aliphatic imine (C=N–C) groups is 2.